The number of nitrogens with one attached hydrogen (secondary N) is 1. The molecule has 0 aromatic heterocycles. The van der Waals surface area contributed by atoms with Gasteiger partial charge in [0.15, 0.2) is 0 Å². The standard InChI is InChI=1S/C20H25N/c1-2-9-18-14-20(18)21-15-19(16-10-5-3-6-11-16)17-12-7-4-8-13-17/h3-8,10-13,18-21H,2,9,14-15H2,1H3. The van der Waals surface area contributed by atoms with Gasteiger partial charge in [0, 0.05) is 18.5 Å². The minimum absolute atomic E-state index is 0.454. The average Bonchev–Trinajstić information content (AvgIpc) is 3.28. The van der Waals surface area contributed by atoms with Crippen LogP contribution in [0.4, 0.5) is 0 Å². The molecule has 1 aliphatic carbocycles. The smallest absolute Gasteiger partial charge is 0.0214 e. The quantitative estimate of drug-likeness (QED) is 0.781. The fourth-order valence-corrected chi connectivity index (χ4v) is 3.26. The Balaban J connectivity index is 1.69. The van der Waals surface area contributed by atoms with E-state index in [9.17, 15) is 0 Å². The minimum Gasteiger partial charge on any atom is -0.313 e. The van der Waals surface area contributed by atoms with E-state index in [1.54, 1.807) is 0 Å². The van der Waals surface area contributed by atoms with Crippen molar-refractivity contribution >= 4 is 0 Å². The van der Waals surface area contributed by atoms with Crippen molar-refractivity contribution in [1.82, 2.24) is 5.32 Å². The summed E-state index contributed by atoms with van der Waals surface area (Å²) in [5.74, 6) is 1.37. The maximum atomic E-state index is 3.79. The molecule has 1 fully saturated rings. The molecule has 1 heteroatoms. The van der Waals surface area contributed by atoms with Gasteiger partial charge in [-0.05, 0) is 29.9 Å². The first kappa shape index (κ1) is 14.3. The lowest BCUT2D eigenvalue weighted by atomic mass is 9.91. The maximum absolute atomic E-state index is 3.79. The van der Waals surface area contributed by atoms with Crippen LogP contribution in [0, 0.1) is 5.92 Å². The van der Waals surface area contributed by atoms with E-state index < -0.39 is 0 Å². The predicted octanol–water partition coefficient (Wildman–Crippen LogP) is 4.60. The third-order valence-corrected chi connectivity index (χ3v) is 4.57. The Morgan fingerprint density at radius 2 is 1.52 bits per heavy atom. The highest BCUT2D eigenvalue weighted by Crippen LogP contribution is 2.35. The van der Waals surface area contributed by atoms with E-state index in [0.29, 0.717) is 5.92 Å². The molecule has 1 N–H and O–H groups in total. The second-order valence-electron chi connectivity index (χ2n) is 6.17. The van der Waals surface area contributed by atoms with E-state index in [1.165, 1.54) is 30.4 Å². The highest BCUT2D eigenvalue weighted by Gasteiger charge is 2.35. The topological polar surface area (TPSA) is 12.0 Å². The number of hydrogen-bond donors (Lipinski definition) is 1. The summed E-state index contributed by atoms with van der Waals surface area (Å²) in [5.41, 5.74) is 2.81. The van der Waals surface area contributed by atoms with E-state index in [2.05, 4.69) is 72.9 Å². The monoisotopic (exact) mass is 279 g/mol. The minimum atomic E-state index is 0.454. The largest absolute Gasteiger partial charge is 0.313 e. The molecule has 0 spiro atoms. The lowest BCUT2D eigenvalue weighted by Crippen LogP contribution is -2.25. The summed E-state index contributed by atoms with van der Waals surface area (Å²) in [6, 6.07) is 22.5. The average molecular weight is 279 g/mol. The van der Waals surface area contributed by atoms with Gasteiger partial charge >= 0.3 is 0 Å². The van der Waals surface area contributed by atoms with Gasteiger partial charge in [0.2, 0.25) is 0 Å². The van der Waals surface area contributed by atoms with Crippen molar-refractivity contribution in [2.24, 2.45) is 5.92 Å². The molecule has 1 aliphatic rings. The van der Waals surface area contributed by atoms with E-state index >= 15 is 0 Å². The highest BCUT2D eigenvalue weighted by atomic mass is 15.0. The summed E-state index contributed by atoms with van der Waals surface area (Å²) < 4.78 is 0. The normalized spacial score (nSPS) is 20.7. The van der Waals surface area contributed by atoms with E-state index in [1.807, 2.05) is 0 Å². The van der Waals surface area contributed by atoms with Crippen LogP contribution in [0.1, 0.15) is 43.2 Å². The third kappa shape index (κ3) is 3.74. The number of benzene rings is 2. The van der Waals surface area contributed by atoms with Crippen LogP contribution in [0.25, 0.3) is 0 Å². The molecule has 1 saturated carbocycles. The van der Waals surface area contributed by atoms with Crippen molar-refractivity contribution in [3.63, 3.8) is 0 Å². The molecule has 2 unspecified atom stereocenters. The van der Waals surface area contributed by atoms with Gasteiger partial charge in [-0.3, -0.25) is 0 Å². The van der Waals surface area contributed by atoms with Crippen molar-refractivity contribution in [3.8, 4) is 0 Å². The highest BCUT2D eigenvalue weighted by molar-refractivity contribution is 5.32. The molecule has 3 rings (SSSR count). The van der Waals surface area contributed by atoms with Gasteiger partial charge in [-0.1, -0.05) is 74.0 Å². The number of rotatable bonds is 7. The van der Waals surface area contributed by atoms with Crippen LogP contribution in [0.15, 0.2) is 60.7 Å². The van der Waals surface area contributed by atoms with Gasteiger partial charge in [0.25, 0.3) is 0 Å². The fraction of sp³-hybridized carbons (Fsp3) is 0.400. The summed E-state index contributed by atoms with van der Waals surface area (Å²) in [6.07, 6.45) is 4.05. The second kappa shape index (κ2) is 6.91. The molecular weight excluding hydrogens is 254 g/mol. The van der Waals surface area contributed by atoms with E-state index in [4.69, 9.17) is 0 Å². The first-order valence-electron chi connectivity index (χ1n) is 8.21. The van der Waals surface area contributed by atoms with Crippen LogP contribution >= 0.6 is 0 Å². The zero-order chi connectivity index (χ0) is 14.5. The summed E-state index contributed by atoms with van der Waals surface area (Å²) >= 11 is 0. The van der Waals surface area contributed by atoms with Gasteiger partial charge in [-0.2, -0.15) is 0 Å². The van der Waals surface area contributed by atoms with Crippen LogP contribution < -0.4 is 5.32 Å². The van der Waals surface area contributed by atoms with Crippen molar-refractivity contribution in [2.45, 2.75) is 38.1 Å². The van der Waals surface area contributed by atoms with Crippen LogP contribution in [-0.4, -0.2) is 12.6 Å². The fourth-order valence-electron chi connectivity index (χ4n) is 3.26. The van der Waals surface area contributed by atoms with Crippen molar-refractivity contribution in [1.29, 1.82) is 0 Å². The zero-order valence-electron chi connectivity index (χ0n) is 12.8. The van der Waals surface area contributed by atoms with Gasteiger partial charge in [-0.15, -0.1) is 0 Å². The first-order chi connectivity index (χ1) is 10.4. The molecule has 1 nitrogen and oxygen atoms in total. The van der Waals surface area contributed by atoms with Crippen molar-refractivity contribution in [3.05, 3.63) is 71.8 Å². The van der Waals surface area contributed by atoms with E-state index in [0.717, 1.165) is 18.5 Å². The Morgan fingerprint density at radius 3 is 2.05 bits per heavy atom. The molecule has 0 heterocycles. The van der Waals surface area contributed by atoms with Crippen molar-refractivity contribution < 1.29 is 0 Å². The Labute approximate surface area is 128 Å². The van der Waals surface area contributed by atoms with Crippen LogP contribution in [0.2, 0.25) is 0 Å². The molecule has 0 bridgehead atoms. The Bertz CT molecular complexity index is 495. The molecule has 0 radical (unpaired) electrons. The lowest BCUT2D eigenvalue weighted by Gasteiger charge is -2.19. The summed E-state index contributed by atoms with van der Waals surface area (Å²) in [6.45, 7) is 3.32. The molecule has 21 heavy (non-hydrogen) atoms. The lowest BCUT2D eigenvalue weighted by molar-refractivity contribution is 0.577. The Hall–Kier alpha value is -1.60. The zero-order valence-corrected chi connectivity index (χ0v) is 12.8. The molecule has 2 aromatic carbocycles. The summed E-state index contributed by atoms with van der Waals surface area (Å²) in [5, 5.41) is 3.79. The van der Waals surface area contributed by atoms with Crippen LogP contribution in [0.3, 0.4) is 0 Å². The summed E-state index contributed by atoms with van der Waals surface area (Å²) in [7, 11) is 0. The van der Waals surface area contributed by atoms with E-state index in [-0.39, 0.29) is 0 Å². The van der Waals surface area contributed by atoms with Gasteiger partial charge < -0.3 is 5.32 Å². The molecule has 2 atom stereocenters. The maximum Gasteiger partial charge on any atom is 0.0214 e. The van der Waals surface area contributed by atoms with Gasteiger partial charge in [0.05, 0.1) is 0 Å². The number of hydrogen-bond acceptors (Lipinski definition) is 1. The van der Waals surface area contributed by atoms with Crippen LogP contribution in [0.5, 0.6) is 0 Å². The molecular formula is C20H25N. The van der Waals surface area contributed by atoms with Crippen molar-refractivity contribution in [2.75, 3.05) is 6.54 Å². The molecule has 2 aromatic rings. The molecule has 0 aliphatic heterocycles. The molecule has 0 amide bonds. The Morgan fingerprint density at radius 1 is 0.952 bits per heavy atom. The predicted molar refractivity (Wildman–Crippen MR) is 89.5 cm³/mol. The van der Waals surface area contributed by atoms with Gasteiger partial charge in [-0.25, -0.2) is 0 Å². The molecule has 110 valence electrons. The summed E-state index contributed by atoms with van der Waals surface area (Å²) in [4.78, 5) is 0. The first-order valence-corrected chi connectivity index (χ1v) is 8.21. The molecule has 0 saturated heterocycles. The van der Waals surface area contributed by atoms with Crippen LogP contribution in [-0.2, 0) is 0 Å². The Kier molecular flexibility index (Phi) is 4.72. The third-order valence-electron chi connectivity index (χ3n) is 4.57. The SMILES string of the molecule is CCCC1CC1NCC(c1ccccc1)c1ccccc1. The van der Waals surface area contributed by atoms with Gasteiger partial charge in [0.1, 0.15) is 0 Å². The second-order valence-corrected chi connectivity index (χ2v) is 6.17.